The predicted molar refractivity (Wildman–Crippen MR) is 59.3 cm³/mol. The lowest BCUT2D eigenvalue weighted by Gasteiger charge is -2.22. The molecule has 0 spiro atoms. The van der Waals surface area contributed by atoms with Crippen LogP contribution in [0.5, 0.6) is 0 Å². The SMILES string of the molecule is CNCCCNS(=O)(=O)C1CCCOC1. The summed E-state index contributed by atoms with van der Waals surface area (Å²) < 4.78 is 31.3. The van der Waals surface area contributed by atoms with Crippen LogP contribution >= 0.6 is 0 Å². The normalized spacial score (nSPS) is 22.9. The van der Waals surface area contributed by atoms with Gasteiger partial charge in [0.1, 0.15) is 0 Å². The number of nitrogens with one attached hydrogen (secondary N) is 2. The highest BCUT2D eigenvalue weighted by molar-refractivity contribution is 7.90. The van der Waals surface area contributed by atoms with Gasteiger partial charge >= 0.3 is 0 Å². The van der Waals surface area contributed by atoms with E-state index in [2.05, 4.69) is 10.0 Å². The van der Waals surface area contributed by atoms with Crippen molar-refractivity contribution in [3.8, 4) is 0 Å². The van der Waals surface area contributed by atoms with Gasteiger partial charge < -0.3 is 10.1 Å². The van der Waals surface area contributed by atoms with Gasteiger partial charge in [0.2, 0.25) is 10.0 Å². The van der Waals surface area contributed by atoms with E-state index in [1.165, 1.54) is 0 Å². The monoisotopic (exact) mass is 236 g/mol. The highest BCUT2D eigenvalue weighted by Gasteiger charge is 2.27. The molecule has 2 N–H and O–H groups in total. The number of rotatable bonds is 6. The van der Waals surface area contributed by atoms with Gasteiger partial charge in [0.15, 0.2) is 0 Å². The second-order valence-corrected chi connectivity index (χ2v) is 5.78. The van der Waals surface area contributed by atoms with E-state index in [-0.39, 0.29) is 5.25 Å². The van der Waals surface area contributed by atoms with Gasteiger partial charge in [-0.25, -0.2) is 13.1 Å². The van der Waals surface area contributed by atoms with E-state index in [9.17, 15) is 8.42 Å². The summed E-state index contributed by atoms with van der Waals surface area (Å²) in [5, 5.41) is 2.61. The maximum atomic E-state index is 11.7. The molecule has 0 aliphatic carbocycles. The Morgan fingerprint density at radius 3 is 2.80 bits per heavy atom. The van der Waals surface area contributed by atoms with Gasteiger partial charge in [-0.05, 0) is 32.9 Å². The van der Waals surface area contributed by atoms with E-state index in [4.69, 9.17) is 4.74 Å². The van der Waals surface area contributed by atoms with Gasteiger partial charge in [-0.3, -0.25) is 0 Å². The minimum atomic E-state index is -3.17. The second kappa shape index (κ2) is 6.42. The molecule has 0 aromatic carbocycles. The Hall–Kier alpha value is -0.170. The van der Waals surface area contributed by atoms with Crippen molar-refractivity contribution in [1.29, 1.82) is 0 Å². The van der Waals surface area contributed by atoms with E-state index in [1.807, 2.05) is 7.05 Å². The van der Waals surface area contributed by atoms with Crippen LogP contribution in [-0.2, 0) is 14.8 Å². The Bertz CT molecular complexity index is 261. The Morgan fingerprint density at radius 1 is 1.40 bits per heavy atom. The Balaban J connectivity index is 2.30. The summed E-state index contributed by atoms with van der Waals surface area (Å²) in [5.41, 5.74) is 0. The summed E-state index contributed by atoms with van der Waals surface area (Å²) >= 11 is 0. The van der Waals surface area contributed by atoms with Gasteiger partial charge in [0.25, 0.3) is 0 Å². The molecule has 15 heavy (non-hydrogen) atoms. The molecule has 0 aromatic rings. The van der Waals surface area contributed by atoms with Crippen molar-refractivity contribution in [2.75, 3.05) is 33.4 Å². The third-order valence-electron chi connectivity index (χ3n) is 2.46. The number of hydrogen-bond acceptors (Lipinski definition) is 4. The average molecular weight is 236 g/mol. The summed E-state index contributed by atoms with van der Waals surface area (Å²) in [6.45, 7) is 2.34. The van der Waals surface area contributed by atoms with Gasteiger partial charge in [-0.1, -0.05) is 0 Å². The maximum absolute atomic E-state index is 11.7. The zero-order valence-corrected chi connectivity index (χ0v) is 9.98. The smallest absolute Gasteiger partial charge is 0.216 e. The molecule has 90 valence electrons. The van der Waals surface area contributed by atoms with Crippen LogP contribution in [-0.4, -0.2) is 47.0 Å². The number of hydrogen-bond donors (Lipinski definition) is 2. The molecule has 0 radical (unpaired) electrons. The Labute approximate surface area is 91.6 Å². The Morgan fingerprint density at radius 2 is 2.20 bits per heavy atom. The number of sulfonamides is 1. The molecule has 0 amide bonds. The van der Waals surface area contributed by atoms with Gasteiger partial charge in [0.05, 0.1) is 11.9 Å². The Kier molecular flexibility index (Phi) is 5.52. The molecule has 1 atom stereocenters. The molecule has 1 rings (SSSR count). The van der Waals surface area contributed by atoms with Gasteiger partial charge in [0, 0.05) is 13.2 Å². The van der Waals surface area contributed by atoms with E-state index in [0.717, 1.165) is 19.4 Å². The molecule has 5 nitrogen and oxygen atoms in total. The largest absolute Gasteiger partial charge is 0.380 e. The molecule has 1 fully saturated rings. The maximum Gasteiger partial charge on any atom is 0.216 e. The van der Waals surface area contributed by atoms with Crippen LogP contribution in [0, 0.1) is 0 Å². The third kappa shape index (κ3) is 4.46. The highest BCUT2D eigenvalue weighted by Crippen LogP contribution is 2.13. The summed E-state index contributed by atoms with van der Waals surface area (Å²) in [4.78, 5) is 0. The molecule has 1 aliphatic heterocycles. The number of ether oxygens (including phenoxy) is 1. The van der Waals surface area contributed by atoms with Crippen molar-refractivity contribution in [3.63, 3.8) is 0 Å². The average Bonchev–Trinajstić information content (AvgIpc) is 2.26. The minimum Gasteiger partial charge on any atom is -0.380 e. The molecule has 0 aromatic heterocycles. The van der Waals surface area contributed by atoms with Crippen molar-refractivity contribution in [2.24, 2.45) is 0 Å². The fraction of sp³-hybridized carbons (Fsp3) is 1.00. The van der Waals surface area contributed by atoms with Gasteiger partial charge in [-0.15, -0.1) is 0 Å². The zero-order valence-electron chi connectivity index (χ0n) is 9.16. The van der Waals surface area contributed by atoms with Crippen LogP contribution in [0.3, 0.4) is 0 Å². The summed E-state index contributed by atoms with van der Waals surface area (Å²) in [6, 6.07) is 0. The first-order chi connectivity index (χ1) is 7.17. The molecular formula is C9H20N2O3S. The van der Waals surface area contributed by atoms with E-state index in [1.54, 1.807) is 0 Å². The van der Waals surface area contributed by atoms with Crippen LogP contribution in [0.4, 0.5) is 0 Å². The summed E-state index contributed by atoms with van der Waals surface area (Å²) in [6.07, 6.45) is 2.35. The molecule has 1 heterocycles. The lowest BCUT2D eigenvalue weighted by molar-refractivity contribution is 0.0988. The fourth-order valence-corrected chi connectivity index (χ4v) is 2.97. The lowest BCUT2D eigenvalue weighted by atomic mass is 10.2. The standard InChI is InChI=1S/C9H20N2O3S/c1-10-5-3-6-11-15(12,13)9-4-2-7-14-8-9/h9-11H,2-8H2,1H3. The van der Waals surface area contributed by atoms with Crippen molar-refractivity contribution < 1.29 is 13.2 Å². The van der Waals surface area contributed by atoms with E-state index < -0.39 is 10.0 Å². The first-order valence-corrected chi connectivity index (χ1v) is 6.92. The quantitative estimate of drug-likeness (QED) is 0.621. The van der Waals surface area contributed by atoms with Crippen molar-refractivity contribution in [1.82, 2.24) is 10.0 Å². The molecule has 1 aliphatic rings. The molecular weight excluding hydrogens is 216 g/mol. The molecule has 6 heteroatoms. The van der Waals surface area contributed by atoms with Crippen molar-refractivity contribution >= 4 is 10.0 Å². The van der Waals surface area contributed by atoms with Crippen LogP contribution in [0.25, 0.3) is 0 Å². The van der Waals surface area contributed by atoms with Gasteiger partial charge in [-0.2, -0.15) is 0 Å². The highest BCUT2D eigenvalue weighted by atomic mass is 32.2. The van der Waals surface area contributed by atoms with E-state index in [0.29, 0.717) is 26.2 Å². The van der Waals surface area contributed by atoms with Crippen LogP contribution in [0.1, 0.15) is 19.3 Å². The first kappa shape index (κ1) is 12.9. The first-order valence-electron chi connectivity index (χ1n) is 5.37. The molecule has 1 saturated heterocycles. The fourth-order valence-electron chi connectivity index (χ4n) is 1.55. The predicted octanol–water partition coefficient (Wildman–Crippen LogP) is -0.306. The van der Waals surface area contributed by atoms with Crippen LogP contribution in [0.2, 0.25) is 0 Å². The second-order valence-electron chi connectivity index (χ2n) is 3.74. The topological polar surface area (TPSA) is 67.4 Å². The molecule has 0 bridgehead atoms. The third-order valence-corrected chi connectivity index (χ3v) is 4.32. The summed E-state index contributed by atoms with van der Waals surface area (Å²) in [5.74, 6) is 0. The van der Waals surface area contributed by atoms with Crippen LogP contribution < -0.4 is 10.0 Å². The lowest BCUT2D eigenvalue weighted by Crippen LogP contribution is -2.40. The van der Waals surface area contributed by atoms with Crippen molar-refractivity contribution in [3.05, 3.63) is 0 Å². The van der Waals surface area contributed by atoms with E-state index >= 15 is 0 Å². The van der Waals surface area contributed by atoms with Crippen molar-refractivity contribution in [2.45, 2.75) is 24.5 Å². The molecule has 1 unspecified atom stereocenters. The molecule has 0 saturated carbocycles. The summed E-state index contributed by atoms with van der Waals surface area (Å²) in [7, 11) is -1.32. The minimum absolute atomic E-state index is 0.335. The zero-order chi connectivity index (χ0) is 11.1. The van der Waals surface area contributed by atoms with Crippen LogP contribution in [0.15, 0.2) is 0 Å².